The molecule has 7 nitrogen and oxygen atoms in total. The van der Waals surface area contributed by atoms with E-state index in [1.54, 1.807) is 0 Å². The number of rotatable bonds is 2. The average Bonchev–Trinajstić information content (AvgIpc) is 1.87. The van der Waals surface area contributed by atoms with Crippen LogP contribution in [-0.4, -0.2) is 40.8 Å². The van der Waals surface area contributed by atoms with Gasteiger partial charge in [-0.2, -0.15) is 0 Å². The van der Waals surface area contributed by atoms with Crippen LogP contribution in [0.4, 0.5) is 4.79 Å². The number of nitrogens with one attached hydrogen (secondary N) is 2. The van der Waals surface area contributed by atoms with Gasteiger partial charge in [0.25, 0.3) is 5.97 Å². The van der Waals surface area contributed by atoms with E-state index < -0.39 is 25.5 Å². The lowest BCUT2D eigenvalue weighted by Crippen LogP contribution is -2.36. The van der Waals surface area contributed by atoms with Crippen molar-refractivity contribution in [3.8, 4) is 0 Å². The smallest absolute Gasteiger partial charge is 0.318 e. The van der Waals surface area contributed by atoms with Gasteiger partial charge in [0.1, 0.15) is 13.5 Å². The summed E-state index contributed by atoms with van der Waals surface area (Å²) < 4.78 is 0. The molecule has 7 heteroatoms. The number of hydrogen-bond donors (Lipinski definition) is 5. The first-order valence-corrected chi connectivity index (χ1v) is 2.97. The van der Waals surface area contributed by atoms with Gasteiger partial charge in [-0.1, -0.05) is 0 Å². The zero-order chi connectivity index (χ0) is 9.98. The van der Waals surface area contributed by atoms with Crippen molar-refractivity contribution in [3.05, 3.63) is 0 Å². The molecule has 0 aliphatic rings. The van der Waals surface area contributed by atoms with E-state index in [1.165, 1.54) is 0 Å². The van der Waals surface area contributed by atoms with Crippen molar-refractivity contribution in [2.45, 2.75) is 6.92 Å². The van der Waals surface area contributed by atoms with Crippen molar-refractivity contribution in [2.75, 3.05) is 13.5 Å². The summed E-state index contributed by atoms with van der Waals surface area (Å²) in [6, 6.07) is -0.588. The molecule has 0 saturated carbocycles. The van der Waals surface area contributed by atoms with Crippen LogP contribution in [0.15, 0.2) is 0 Å². The van der Waals surface area contributed by atoms with Crippen molar-refractivity contribution in [3.63, 3.8) is 0 Å². The van der Waals surface area contributed by atoms with Crippen LogP contribution in [0, 0.1) is 0 Å². The summed E-state index contributed by atoms with van der Waals surface area (Å²) in [6.45, 7) is 0.234. The minimum Gasteiger partial charge on any atom is -0.481 e. The molecule has 72 valence electrons. The van der Waals surface area contributed by atoms with Crippen LogP contribution in [-0.2, 0) is 4.79 Å². The fourth-order valence-electron chi connectivity index (χ4n) is 0.206. The number of aliphatic carboxylic acids is 1. The summed E-state index contributed by atoms with van der Waals surface area (Å²) in [5.41, 5.74) is 0. The monoisotopic (exact) mass is 180 g/mol. The molecule has 0 heterocycles. The highest BCUT2D eigenvalue weighted by molar-refractivity contribution is 5.73. The van der Waals surface area contributed by atoms with E-state index in [1.807, 2.05) is 10.6 Å². The molecule has 0 aliphatic carbocycles. The molecule has 12 heavy (non-hydrogen) atoms. The largest absolute Gasteiger partial charge is 0.481 e. The van der Waals surface area contributed by atoms with Crippen LogP contribution in [0.1, 0.15) is 6.92 Å². The third kappa shape index (κ3) is 23.4. The van der Waals surface area contributed by atoms with Gasteiger partial charge in [0.05, 0.1) is 0 Å². The predicted molar refractivity (Wildman–Crippen MR) is 39.1 cm³/mol. The van der Waals surface area contributed by atoms with Gasteiger partial charge < -0.3 is 26.0 Å². The third-order valence-corrected chi connectivity index (χ3v) is 0.479. The summed E-state index contributed by atoms with van der Waals surface area (Å²) in [7, 11) is 0. The van der Waals surface area contributed by atoms with Gasteiger partial charge in [-0.15, -0.1) is 0 Å². The van der Waals surface area contributed by atoms with Crippen molar-refractivity contribution >= 4 is 12.0 Å². The molecule has 0 aromatic carbocycles. The number of aliphatic hydroxyl groups excluding tert-OH is 2. The molecule has 2 amide bonds. The quantitative estimate of drug-likeness (QED) is 0.324. The van der Waals surface area contributed by atoms with Gasteiger partial charge in [0, 0.05) is 6.92 Å². The number of carbonyl (C=O) groups is 2. The summed E-state index contributed by atoms with van der Waals surface area (Å²) >= 11 is 0. The number of carboxylic acids is 1. The Bertz CT molecular complexity index is 126. The molecule has 5 N–H and O–H groups in total. The number of hydrogen-bond acceptors (Lipinski definition) is 4. The molecule has 0 bridgehead atoms. The molecule has 0 aliphatic heterocycles. The molecule has 0 rings (SSSR count). The van der Waals surface area contributed by atoms with Gasteiger partial charge in [0.15, 0.2) is 0 Å². The Balaban J connectivity index is 0. The standard InChI is InChI=1S/C3H8N2O3.C2H4O2/c6-1-4-3(8)5-2-7;1-2(3)4/h6-7H,1-2H2,(H2,4,5,8);1H3,(H,3,4). The lowest BCUT2D eigenvalue weighted by Gasteiger charge is -1.98. The van der Waals surface area contributed by atoms with E-state index in [0.29, 0.717) is 0 Å². The molecule has 0 unspecified atom stereocenters. The molecule has 0 aromatic rings. The SMILES string of the molecule is CC(=O)O.O=C(NCO)NCO. The highest BCUT2D eigenvalue weighted by Gasteiger charge is 1.91. The van der Waals surface area contributed by atoms with Crippen LogP contribution in [0.5, 0.6) is 0 Å². The summed E-state index contributed by atoms with van der Waals surface area (Å²) in [5.74, 6) is -0.833. The number of urea groups is 1. The van der Waals surface area contributed by atoms with Crippen molar-refractivity contribution in [1.82, 2.24) is 10.6 Å². The second-order valence-corrected chi connectivity index (χ2v) is 1.52. The Kier molecular flexibility index (Phi) is 10.7. The fraction of sp³-hybridized carbons (Fsp3) is 0.600. The molecule has 0 spiro atoms. The highest BCUT2D eigenvalue weighted by atomic mass is 16.4. The van der Waals surface area contributed by atoms with Crippen molar-refractivity contribution in [2.24, 2.45) is 0 Å². The number of carboxylic acid groups (broad SMARTS) is 1. The predicted octanol–water partition coefficient (Wildman–Crippen LogP) is -1.72. The maximum absolute atomic E-state index is 10.1. The van der Waals surface area contributed by atoms with E-state index in [2.05, 4.69) is 0 Å². The minimum absolute atomic E-state index is 0.425. The van der Waals surface area contributed by atoms with Crippen LogP contribution in [0.2, 0.25) is 0 Å². The minimum atomic E-state index is -0.833. The van der Waals surface area contributed by atoms with Crippen molar-refractivity contribution in [1.29, 1.82) is 0 Å². The molecule has 0 fully saturated rings. The molecule has 0 atom stereocenters. The number of carbonyl (C=O) groups excluding carboxylic acids is 1. The Morgan fingerprint density at radius 3 is 1.58 bits per heavy atom. The van der Waals surface area contributed by atoms with Gasteiger partial charge in [-0.25, -0.2) is 4.79 Å². The molecular formula is C5H12N2O5. The Labute approximate surface area is 69.0 Å². The van der Waals surface area contributed by atoms with E-state index in [4.69, 9.17) is 20.1 Å². The zero-order valence-corrected chi connectivity index (χ0v) is 6.57. The van der Waals surface area contributed by atoms with E-state index in [0.717, 1.165) is 6.92 Å². The normalized spacial score (nSPS) is 7.58. The Morgan fingerprint density at radius 2 is 1.42 bits per heavy atom. The second kappa shape index (κ2) is 9.66. The zero-order valence-electron chi connectivity index (χ0n) is 6.57. The van der Waals surface area contributed by atoms with Crippen LogP contribution >= 0.6 is 0 Å². The van der Waals surface area contributed by atoms with E-state index in [9.17, 15) is 4.79 Å². The maximum Gasteiger partial charge on any atom is 0.318 e. The summed E-state index contributed by atoms with van der Waals surface area (Å²) in [5, 5.41) is 27.4. The lowest BCUT2D eigenvalue weighted by atomic mass is 10.9. The molecule has 0 radical (unpaired) electrons. The fourth-order valence-corrected chi connectivity index (χ4v) is 0.206. The molecular weight excluding hydrogens is 168 g/mol. The number of aliphatic hydroxyl groups is 2. The Hall–Kier alpha value is -1.34. The maximum atomic E-state index is 10.1. The molecule has 0 aromatic heterocycles. The van der Waals surface area contributed by atoms with Gasteiger partial charge in [-0.05, 0) is 0 Å². The first kappa shape index (κ1) is 13.3. The average molecular weight is 180 g/mol. The van der Waals surface area contributed by atoms with Gasteiger partial charge >= 0.3 is 6.03 Å². The van der Waals surface area contributed by atoms with E-state index in [-0.39, 0.29) is 0 Å². The highest BCUT2D eigenvalue weighted by Crippen LogP contribution is 1.57. The first-order chi connectivity index (χ1) is 5.54. The van der Waals surface area contributed by atoms with Gasteiger partial charge in [-0.3, -0.25) is 4.79 Å². The van der Waals surface area contributed by atoms with E-state index >= 15 is 0 Å². The summed E-state index contributed by atoms with van der Waals surface area (Å²) in [4.78, 5) is 19.1. The second-order valence-electron chi connectivity index (χ2n) is 1.52. The Morgan fingerprint density at radius 1 is 1.17 bits per heavy atom. The first-order valence-electron chi connectivity index (χ1n) is 2.97. The lowest BCUT2D eigenvalue weighted by molar-refractivity contribution is -0.134. The third-order valence-electron chi connectivity index (χ3n) is 0.479. The topological polar surface area (TPSA) is 119 Å². The van der Waals surface area contributed by atoms with Gasteiger partial charge in [0.2, 0.25) is 0 Å². The van der Waals surface area contributed by atoms with Crippen LogP contribution in [0.3, 0.4) is 0 Å². The number of amides is 2. The van der Waals surface area contributed by atoms with Crippen LogP contribution < -0.4 is 10.6 Å². The van der Waals surface area contributed by atoms with Crippen LogP contribution in [0.25, 0.3) is 0 Å². The molecule has 0 saturated heterocycles. The van der Waals surface area contributed by atoms with Crippen molar-refractivity contribution < 1.29 is 24.9 Å². The summed E-state index contributed by atoms with van der Waals surface area (Å²) in [6.07, 6.45) is 0.